The van der Waals surface area contributed by atoms with Gasteiger partial charge in [-0.15, -0.1) is 0 Å². The van der Waals surface area contributed by atoms with E-state index in [-0.39, 0.29) is 5.41 Å². The number of hydrogen-bond acceptors (Lipinski definition) is 1. The molecule has 0 aliphatic rings. The molecule has 0 fully saturated rings. The molecular weight excluding hydrogens is 192 g/mol. The van der Waals surface area contributed by atoms with E-state index in [1.807, 2.05) is 30.3 Å². The molecule has 1 atom stereocenters. The molecule has 0 aliphatic heterocycles. The summed E-state index contributed by atoms with van der Waals surface area (Å²) in [4.78, 5) is 0.941. The van der Waals surface area contributed by atoms with Crippen molar-refractivity contribution in [3.63, 3.8) is 0 Å². The van der Waals surface area contributed by atoms with Gasteiger partial charge < -0.3 is 4.55 Å². The second kappa shape index (κ2) is 4.85. The maximum absolute atomic E-state index is 11.8. The quantitative estimate of drug-likeness (QED) is 0.702. The fraction of sp³-hybridized carbons (Fsp3) is 0.500. The van der Waals surface area contributed by atoms with Crippen LogP contribution in [0.4, 0.5) is 0 Å². The molecule has 0 saturated heterocycles. The van der Waals surface area contributed by atoms with Gasteiger partial charge in [-0.25, -0.2) is 0 Å². The van der Waals surface area contributed by atoms with Gasteiger partial charge in [0.1, 0.15) is 5.75 Å². The Morgan fingerprint density at radius 1 is 1.14 bits per heavy atom. The van der Waals surface area contributed by atoms with Crippen molar-refractivity contribution in [2.45, 2.75) is 32.1 Å². The van der Waals surface area contributed by atoms with E-state index >= 15 is 0 Å². The first-order valence-corrected chi connectivity index (χ1v) is 6.24. The fourth-order valence-electron chi connectivity index (χ4n) is 1.09. The molecule has 2 heteroatoms. The summed E-state index contributed by atoms with van der Waals surface area (Å²) in [5.41, 5.74) is 0.268. The van der Waals surface area contributed by atoms with Crippen LogP contribution in [0.5, 0.6) is 0 Å². The Morgan fingerprint density at radius 3 is 2.21 bits per heavy atom. The third kappa shape index (κ3) is 4.16. The molecule has 1 unspecified atom stereocenters. The van der Waals surface area contributed by atoms with E-state index in [1.165, 1.54) is 0 Å². The van der Waals surface area contributed by atoms with Crippen LogP contribution in [0.15, 0.2) is 35.2 Å². The molecule has 0 aromatic heterocycles. The molecule has 1 rings (SSSR count). The first-order chi connectivity index (χ1) is 6.49. The van der Waals surface area contributed by atoms with Crippen LogP contribution in [-0.4, -0.2) is 10.3 Å². The molecule has 1 nitrogen and oxygen atoms in total. The Morgan fingerprint density at radius 2 is 1.71 bits per heavy atom. The highest BCUT2D eigenvalue weighted by Crippen LogP contribution is 2.21. The lowest BCUT2D eigenvalue weighted by Crippen LogP contribution is -2.14. The molecule has 14 heavy (non-hydrogen) atoms. The van der Waals surface area contributed by atoms with E-state index in [9.17, 15) is 4.55 Å². The van der Waals surface area contributed by atoms with Gasteiger partial charge in [0, 0.05) is 0 Å². The summed E-state index contributed by atoms with van der Waals surface area (Å²) in [6.07, 6.45) is 0.995. The van der Waals surface area contributed by atoms with Crippen molar-refractivity contribution in [3.05, 3.63) is 30.3 Å². The third-order valence-electron chi connectivity index (χ3n) is 2.04. The average Bonchev–Trinajstić information content (AvgIpc) is 2.14. The minimum atomic E-state index is -0.830. The summed E-state index contributed by atoms with van der Waals surface area (Å²) >= 11 is -0.830. The molecule has 0 heterocycles. The molecule has 78 valence electrons. The van der Waals surface area contributed by atoms with Gasteiger partial charge in [-0.3, -0.25) is 0 Å². The molecule has 0 radical (unpaired) electrons. The zero-order chi connectivity index (χ0) is 10.6. The predicted octanol–water partition coefficient (Wildman–Crippen LogP) is 3.23. The summed E-state index contributed by atoms with van der Waals surface area (Å²) in [5, 5.41) is 0. The van der Waals surface area contributed by atoms with E-state index in [0.717, 1.165) is 17.1 Å². The van der Waals surface area contributed by atoms with Crippen LogP contribution < -0.4 is 0 Å². The first-order valence-electron chi connectivity index (χ1n) is 4.92. The van der Waals surface area contributed by atoms with E-state index in [4.69, 9.17) is 0 Å². The SMILES string of the molecule is CC(C)(C)CC[S+]([O-])c1ccccc1. The Balaban J connectivity index is 2.48. The fourth-order valence-corrected chi connectivity index (χ4v) is 2.58. The van der Waals surface area contributed by atoms with Gasteiger partial charge in [0.25, 0.3) is 0 Å². The number of benzene rings is 1. The monoisotopic (exact) mass is 210 g/mol. The highest BCUT2D eigenvalue weighted by atomic mass is 32.2. The second-order valence-electron chi connectivity index (χ2n) is 4.67. The average molecular weight is 210 g/mol. The predicted molar refractivity (Wildman–Crippen MR) is 61.8 cm³/mol. The molecular formula is C12H18OS. The summed E-state index contributed by atoms with van der Waals surface area (Å²) in [6.45, 7) is 6.53. The van der Waals surface area contributed by atoms with E-state index in [1.54, 1.807) is 0 Å². The molecule has 0 N–H and O–H groups in total. The minimum absolute atomic E-state index is 0.268. The zero-order valence-electron chi connectivity index (χ0n) is 9.12. The lowest BCUT2D eigenvalue weighted by molar-refractivity contribution is 0.397. The smallest absolute Gasteiger partial charge is 0.152 e. The van der Waals surface area contributed by atoms with Crippen molar-refractivity contribution in [1.82, 2.24) is 0 Å². The molecule has 0 amide bonds. The standard InChI is InChI=1S/C12H18OS/c1-12(2,3)9-10-14(13)11-7-5-4-6-8-11/h4-8H,9-10H2,1-3H3. The van der Waals surface area contributed by atoms with E-state index in [0.29, 0.717) is 0 Å². The van der Waals surface area contributed by atoms with Crippen molar-refractivity contribution < 1.29 is 4.55 Å². The molecule has 0 aliphatic carbocycles. The lowest BCUT2D eigenvalue weighted by atomic mass is 9.94. The van der Waals surface area contributed by atoms with Gasteiger partial charge >= 0.3 is 0 Å². The second-order valence-corrected chi connectivity index (χ2v) is 6.24. The van der Waals surface area contributed by atoms with Crippen LogP contribution in [0, 0.1) is 5.41 Å². The summed E-state index contributed by atoms with van der Waals surface area (Å²) in [6, 6.07) is 9.68. The third-order valence-corrected chi connectivity index (χ3v) is 3.42. The lowest BCUT2D eigenvalue weighted by Gasteiger charge is -2.19. The van der Waals surface area contributed by atoms with Crippen LogP contribution in [0.2, 0.25) is 0 Å². The summed E-state index contributed by atoms with van der Waals surface area (Å²) in [7, 11) is 0. The first kappa shape index (κ1) is 11.6. The van der Waals surface area contributed by atoms with Crippen LogP contribution in [-0.2, 0) is 11.2 Å². The van der Waals surface area contributed by atoms with Gasteiger partial charge in [0.05, 0.1) is 0 Å². The van der Waals surface area contributed by atoms with Crippen molar-refractivity contribution in [1.29, 1.82) is 0 Å². The Bertz CT molecular complexity index is 263. The van der Waals surface area contributed by atoms with Crippen LogP contribution >= 0.6 is 0 Å². The summed E-state index contributed by atoms with van der Waals surface area (Å²) < 4.78 is 11.8. The molecule has 0 spiro atoms. The van der Waals surface area contributed by atoms with Crippen LogP contribution in [0.25, 0.3) is 0 Å². The Hall–Kier alpha value is -0.470. The molecule has 1 aromatic rings. The largest absolute Gasteiger partial charge is 0.611 e. The maximum Gasteiger partial charge on any atom is 0.152 e. The topological polar surface area (TPSA) is 23.1 Å². The molecule has 0 saturated carbocycles. The number of hydrogen-bond donors (Lipinski definition) is 0. The van der Waals surface area contributed by atoms with E-state index < -0.39 is 11.2 Å². The van der Waals surface area contributed by atoms with Crippen molar-refractivity contribution in [2.24, 2.45) is 5.41 Å². The van der Waals surface area contributed by atoms with Crippen molar-refractivity contribution in [3.8, 4) is 0 Å². The van der Waals surface area contributed by atoms with Gasteiger partial charge in [-0.2, -0.15) is 0 Å². The van der Waals surface area contributed by atoms with Gasteiger partial charge in [0.2, 0.25) is 0 Å². The van der Waals surface area contributed by atoms with Crippen molar-refractivity contribution >= 4 is 11.2 Å². The van der Waals surface area contributed by atoms with E-state index in [2.05, 4.69) is 20.8 Å². The Kier molecular flexibility index (Phi) is 4.02. The van der Waals surface area contributed by atoms with Crippen LogP contribution in [0.1, 0.15) is 27.2 Å². The highest BCUT2D eigenvalue weighted by Gasteiger charge is 2.16. The van der Waals surface area contributed by atoms with Crippen LogP contribution in [0.3, 0.4) is 0 Å². The Labute approximate surface area is 89.7 Å². The van der Waals surface area contributed by atoms with Crippen molar-refractivity contribution in [2.75, 3.05) is 5.75 Å². The van der Waals surface area contributed by atoms with Gasteiger partial charge in [-0.05, 0) is 35.1 Å². The highest BCUT2D eigenvalue weighted by molar-refractivity contribution is 7.91. The van der Waals surface area contributed by atoms with Gasteiger partial charge in [0.15, 0.2) is 4.90 Å². The summed E-state index contributed by atoms with van der Waals surface area (Å²) in [5.74, 6) is 0.757. The zero-order valence-corrected chi connectivity index (χ0v) is 9.93. The normalized spacial score (nSPS) is 14.0. The number of rotatable bonds is 3. The maximum atomic E-state index is 11.8. The van der Waals surface area contributed by atoms with Gasteiger partial charge in [-0.1, -0.05) is 39.0 Å². The molecule has 1 aromatic carbocycles. The minimum Gasteiger partial charge on any atom is -0.611 e. The molecule has 0 bridgehead atoms.